The van der Waals surface area contributed by atoms with Gasteiger partial charge in [-0.25, -0.2) is 9.37 Å². The zero-order valence-electron chi connectivity index (χ0n) is 9.96. The van der Waals surface area contributed by atoms with Crippen LogP contribution in [0.5, 0.6) is 0 Å². The van der Waals surface area contributed by atoms with Gasteiger partial charge in [-0.15, -0.1) is 0 Å². The maximum absolute atomic E-state index is 13.4. The van der Waals surface area contributed by atoms with Crippen molar-refractivity contribution < 1.29 is 4.39 Å². The molecular weight excluding hydrogens is 255 g/mol. The molecule has 0 unspecified atom stereocenters. The fourth-order valence-electron chi connectivity index (χ4n) is 1.45. The highest BCUT2D eigenvalue weighted by molar-refractivity contribution is 6.28. The van der Waals surface area contributed by atoms with E-state index < -0.39 is 0 Å². The molecule has 2 rings (SSSR count). The molecule has 0 atom stereocenters. The van der Waals surface area contributed by atoms with E-state index in [9.17, 15) is 4.39 Å². The van der Waals surface area contributed by atoms with Crippen LogP contribution in [0.2, 0.25) is 5.28 Å². The van der Waals surface area contributed by atoms with E-state index >= 15 is 0 Å². The fourth-order valence-corrected chi connectivity index (χ4v) is 1.66. The standard InChI is InChI=1S/C12H12ClFN4/c1-6-3-4-8(5-9(6)14)17-11-10(15)7(2)16-12(13)18-11/h3-5H,15H2,1-2H3,(H,16,17,18). The highest BCUT2D eigenvalue weighted by atomic mass is 35.5. The summed E-state index contributed by atoms with van der Waals surface area (Å²) in [4.78, 5) is 7.90. The maximum Gasteiger partial charge on any atom is 0.224 e. The molecule has 4 nitrogen and oxygen atoms in total. The topological polar surface area (TPSA) is 63.8 Å². The number of nitrogens with one attached hydrogen (secondary N) is 1. The number of aromatic nitrogens is 2. The SMILES string of the molecule is Cc1ccc(Nc2nc(Cl)nc(C)c2N)cc1F. The van der Waals surface area contributed by atoms with Gasteiger partial charge in [0.1, 0.15) is 5.82 Å². The Bertz CT molecular complexity index is 601. The van der Waals surface area contributed by atoms with Gasteiger partial charge in [-0.05, 0) is 43.1 Å². The Hall–Kier alpha value is -1.88. The number of rotatable bonds is 2. The smallest absolute Gasteiger partial charge is 0.224 e. The summed E-state index contributed by atoms with van der Waals surface area (Å²) >= 11 is 5.75. The van der Waals surface area contributed by atoms with Crippen LogP contribution in [0.3, 0.4) is 0 Å². The lowest BCUT2D eigenvalue weighted by molar-refractivity contribution is 0.619. The van der Waals surface area contributed by atoms with E-state index in [1.54, 1.807) is 26.0 Å². The molecule has 1 heterocycles. The lowest BCUT2D eigenvalue weighted by Gasteiger charge is -2.10. The monoisotopic (exact) mass is 266 g/mol. The number of hydrogen-bond donors (Lipinski definition) is 2. The molecule has 3 N–H and O–H groups in total. The summed E-state index contributed by atoms with van der Waals surface area (Å²) in [5, 5.41) is 3.02. The molecule has 0 aliphatic heterocycles. The van der Waals surface area contributed by atoms with Crippen molar-refractivity contribution in [2.75, 3.05) is 11.1 Å². The molecule has 0 amide bonds. The van der Waals surface area contributed by atoms with Crippen LogP contribution in [-0.2, 0) is 0 Å². The third kappa shape index (κ3) is 2.51. The normalized spacial score (nSPS) is 10.4. The second-order valence-corrected chi connectivity index (χ2v) is 4.27. The molecule has 0 bridgehead atoms. The minimum atomic E-state index is -0.296. The second kappa shape index (κ2) is 4.78. The molecule has 6 heteroatoms. The van der Waals surface area contributed by atoms with Gasteiger partial charge < -0.3 is 11.1 Å². The number of aryl methyl sites for hydroxylation is 2. The van der Waals surface area contributed by atoms with Crippen molar-refractivity contribution in [2.45, 2.75) is 13.8 Å². The van der Waals surface area contributed by atoms with E-state index in [0.29, 0.717) is 28.5 Å². The Morgan fingerprint density at radius 2 is 2.00 bits per heavy atom. The van der Waals surface area contributed by atoms with Crippen LogP contribution in [-0.4, -0.2) is 9.97 Å². The van der Waals surface area contributed by atoms with Gasteiger partial charge in [0.05, 0.1) is 11.4 Å². The third-order valence-corrected chi connectivity index (χ3v) is 2.71. The van der Waals surface area contributed by atoms with Gasteiger partial charge in [-0.1, -0.05) is 6.07 Å². The number of nitrogens with two attached hydrogens (primary N) is 1. The van der Waals surface area contributed by atoms with Crippen molar-refractivity contribution in [3.8, 4) is 0 Å². The van der Waals surface area contributed by atoms with Crippen LogP contribution in [0.4, 0.5) is 21.6 Å². The van der Waals surface area contributed by atoms with Crippen LogP contribution in [0.15, 0.2) is 18.2 Å². The molecule has 0 saturated carbocycles. The van der Waals surface area contributed by atoms with E-state index in [1.165, 1.54) is 6.07 Å². The molecule has 0 spiro atoms. The Balaban J connectivity index is 2.36. The number of hydrogen-bond acceptors (Lipinski definition) is 4. The molecule has 0 fully saturated rings. The Morgan fingerprint density at radius 3 is 2.67 bits per heavy atom. The van der Waals surface area contributed by atoms with Gasteiger partial charge in [0.25, 0.3) is 0 Å². The van der Waals surface area contributed by atoms with Gasteiger partial charge in [-0.2, -0.15) is 4.98 Å². The third-order valence-electron chi connectivity index (χ3n) is 2.54. The van der Waals surface area contributed by atoms with Crippen LogP contribution >= 0.6 is 11.6 Å². The first-order valence-corrected chi connectivity index (χ1v) is 5.68. The number of nitrogens with zero attached hydrogens (tertiary/aromatic N) is 2. The molecule has 0 aliphatic carbocycles. The zero-order valence-corrected chi connectivity index (χ0v) is 10.7. The number of benzene rings is 1. The van der Waals surface area contributed by atoms with Gasteiger partial charge in [0, 0.05) is 5.69 Å². The quantitative estimate of drug-likeness (QED) is 0.819. The first-order valence-electron chi connectivity index (χ1n) is 5.30. The van der Waals surface area contributed by atoms with E-state index in [4.69, 9.17) is 17.3 Å². The Kier molecular flexibility index (Phi) is 3.34. The maximum atomic E-state index is 13.4. The van der Waals surface area contributed by atoms with Crippen molar-refractivity contribution >= 4 is 28.8 Å². The Morgan fingerprint density at radius 1 is 1.28 bits per heavy atom. The fraction of sp³-hybridized carbons (Fsp3) is 0.167. The van der Waals surface area contributed by atoms with Crippen LogP contribution in [0, 0.1) is 19.7 Å². The van der Waals surface area contributed by atoms with E-state index in [-0.39, 0.29) is 11.1 Å². The summed E-state index contributed by atoms with van der Waals surface area (Å²) in [5.74, 6) is 0.0752. The predicted molar refractivity (Wildman–Crippen MR) is 70.6 cm³/mol. The van der Waals surface area contributed by atoms with Crippen LogP contribution in [0.1, 0.15) is 11.3 Å². The Labute approximate surface area is 109 Å². The van der Waals surface area contributed by atoms with Gasteiger partial charge in [0.2, 0.25) is 5.28 Å². The van der Waals surface area contributed by atoms with E-state index in [2.05, 4.69) is 15.3 Å². The lowest BCUT2D eigenvalue weighted by Crippen LogP contribution is -2.04. The van der Waals surface area contributed by atoms with E-state index in [0.717, 1.165) is 0 Å². The summed E-state index contributed by atoms with van der Waals surface area (Å²) in [7, 11) is 0. The van der Waals surface area contributed by atoms with E-state index in [1.807, 2.05) is 0 Å². The number of nitrogen functional groups attached to an aromatic ring is 1. The minimum absolute atomic E-state index is 0.0942. The molecule has 0 aliphatic rings. The summed E-state index contributed by atoms with van der Waals surface area (Å²) in [6.07, 6.45) is 0. The highest BCUT2D eigenvalue weighted by Gasteiger charge is 2.08. The predicted octanol–water partition coefficient (Wildman–Crippen LogP) is 3.21. The largest absolute Gasteiger partial charge is 0.394 e. The molecule has 94 valence electrons. The molecule has 18 heavy (non-hydrogen) atoms. The van der Waals surface area contributed by atoms with Crippen LogP contribution < -0.4 is 11.1 Å². The summed E-state index contributed by atoms with van der Waals surface area (Å²) < 4.78 is 13.4. The molecule has 1 aromatic carbocycles. The summed E-state index contributed by atoms with van der Waals surface area (Å²) in [6.45, 7) is 3.42. The molecule has 2 aromatic rings. The summed E-state index contributed by atoms with van der Waals surface area (Å²) in [5.41, 5.74) is 7.92. The highest BCUT2D eigenvalue weighted by Crippen LogP contribution is 2.25. The van der Waals surface area contributed by atoms with Crippen molar-refractivity contribution in [3.05, 3.63) is 40.6 Å². The van der Waals surface area contributed by atoms with Gasteiger partial charge in [0.15, 0.2) is 5.82 Å². The van der Waals surface area contributed by atoms with Gasteiger partial charge >= 0.3 is 0 Å². The number of anilines is 3. The van der Waals surface area contributed by atoms with Crippen molar-refractivity contribution in [2.24, 2.45) is 0 Å². The van der Waals surface area contributed by atoms with Crippen LogP contribution in [0.25, 0.3) is 0 Å². The lowest BCUT2D eigenvalue weighted by atomic mass is 10.2. The second-order valence-electron chi connectivity index (χ2n) is 3.93. The van der Waals surface area contributed by atoms with Crippen molar-refractivity contribution in [3.63, 3.8) is 0 Å². The molecule has 0 radical (unpaired) electrons. The average Bonchev–Trinajstić information content (AvgIpc) is 2.30. The van der Waals surface area contributed by atoms with Crippen molar-refractivity contribution in [1.29, 1.82) is 0 Å². The molecular formula is C12H12ClFN4. The first kappa shape index (κ1) is 12.6. The molecule has 1 aromatic heterocycles. The summed E-state index contributed by atoms with van der Waals surface area (Å²) in [6, 6.07) is 4.78. The average molecular weight is 267 g/mol. The van der Waals surface area contributed by atoms with Crippen molar-refractivity contribution in [1.82, 2.24) is 9.97 Å². The molecule has 0 saturated heterocycles. The number of halogens is 2. The first-order chi connectivity index (χ1) is 8.47. The zero-order chi connectivity index (χ0) is 13.3. The minimum Gasteiger partial charge on any atom is -0.394 e. The van der Waals surface area contributed by atoms with Gasteiger partial charge in [-0.3, -0.25) is 0 Å².